The largest absolute Gasteiger partial charge is 0.486 e. The molecular formula is C26H30ClN3O7S3. The number of sulfonamides is 2. The minimum Gasteiger partial charge on any atom is -0.486 e. The number of carbonyl (C=O) groups excluding carboxylic acids is 1. The van der Waals surface area contributed by atoms with Crippen LogP contribution in [0.4, 0.5) is 5.69 Å². The Morgan fingerprint density at radius 2 is 1.85 bits per heavy atom. The van der Waals surface area contributed by atoms with Crippen LogP contribution < -0.4 is 9.46 Å². The van der Waals surface area contributed by atoms with E-state index >= 15 is 0 Å². The molecule has 1 aliphatic heterocycles. The first-order valence-electron chi connectivity index (χ1n) is 12.3. The maximum Gasteiger partial charge on any atom is 0.271 e. The van der Waals surface area contributed by atoms with E-state index in [0.29, 0.717) is 5.02 Å². The van der Waals surface area contributed by atoms with Crippen LogP contribution in [0.5, 0.6) is 5.75 Å². The quantitative estimate of drug-likeness (QED) is 0.369. The van der Waals surface area contributed by atoms with Gasteiger partial charge in [0.15, 0.2) is 5.75 Å². The number of fused-ring (bicyclic) bond motifs is 1. The lowest BCUT2D eigenvalue weighted by atomic mass is 9.99. The van der Waals surface area contributed by atoms with Gasteiger partial charge in [0.25, 0.3) is 15.9 Å². The molecule has 2 heterocycles. The number of halogens is 1. The van der Waals surface area contributed by atoms with E-state index in [9.17, 15) is 26.7 Å². The SMILES string of the molecule is C[C@H]1CN([C@@H](C)CO)C(=O)c2cccc(NS(=O)(=O)c3cccs3)c2O[C@@H]1CN(C)S(=O)(=O)c1ccc(Cl)cc1. The zero-order valence-corrected chi connectivity index (χ0v) is 25.2. The third kappa shape index (κ3) is 6.29. The minimum absolute atomic E-state index is 0.0170. The maximum absolute atomic E-state index is 13.6. The van der Waals surface area contributed by atoms with Crippen molar-refractivity contribution in [1.29, 1.82) is 0 Å². The van der Waals surface area contributed by atoms with E-state index in [1.165, 1.54) is 60.5 Å². The van der Waals surface area contributed by atoms with Gasteiger partial charge in [0.05, 0.1) is 35.3 Å². The number of carbonyl (C=O) groups is 1. The molecule has 1 aliphatic rings. The molecule has 216 valence electrons. The number of ether oxygens (including phenoxy) is 1. The van der Waals surface area contributed by atoms with E-state index in [1.54, 1.807) is 25.3 Å². The van der Waals surface area contributed by atoms with E-state index in [4.69, 9.17) is 16.3 Å². The summed E-state index contributed by atoms with van der Waals surface area (Å²) in [6.07, 6.45) is -0.792. The van der Waals surface area contributed by atoms with E-state index in [0.717, 1.165) is 15.6 Å². The van der Waals surface area contributed by atoms with Gasteiger partial charge in [-0.1, -0.05) is 30.7 Å². The third-order valence-electron chi connectivity index (χ3n) is 6.65. The lowest BCUT2D eigenvalue weighted by Gasteiger charge is -2.38. The number of anilines is 1. The summed E-state index contributed by atoms with van der Waals surface area (Å²) in [4.78, 5) is 15.2. The lowest BCUT2D eigenvalue weighted by Crippen LogP contribution is -2.50. The molecule has 2 aromatic carbocycles. The molecule has 0 saturated carbocycles. The van der Waals surface area contributed by atoms with Crippen molar-refractivity contribution in [1.82, 2.24) is 9.21 Å². The molecule has 4 rings (SSSR count). The van der Waals surface area contributed by atoms with Crippen LogP contribution in [0.25, 0.3) is 0 Å². The van der Waals surface area contributed by atoms with Crippen LogP contribution in [0.1, 0.15) is 24.2 Å². The molecule has 1 aromatic heterocycles. The normalized spacial score (nSPS) is 18.9. The van der Waals surface area contributed by atoms with Gasteiger partial charge in [-0.25, -0.2) is 16.8 Å². The smallest absolute Gasteiger partial charge is 0.271 e. The second kappa shape index (κ2) is 12.0. The number of nitrogens with one attached hydrogen (secondary N) is 1. The van der Waals surface area contributed by atoms with Gasteiger partial charge in [-0.15, -0.1) is 11.3 Å². The Labute approximate surface area is 243 Å². The number of thiophene rings is 1. The molecule has 40 heavy (non-hydrogen) atoms. The standard InChI is InChI=1S/C26H30ClN3O7S3/c1-17-14-30(18(2)16-31)26(32)21-6-4-7-22(28-39(33,34)24-8-5-13-38-24)25(21)37-23(17)15-29(3)40(35,36)20-11-9-19(27)10-12-20/h4-13,17-18,23,28,31H,14-16H2,1-3H3/t17-,18-,23+/m0/s1. The van der Waals surface area contributed by atoms with Gasteiger partial charge < -0.3 is 14.7 Å². The van der Waals surface area contributed by atoms with Crippen molar-refractivity contribution in [3.8, 4) is 5.75 Å². The van der Waals surface area contributed by atoms with Crippen LogP contribution in [0, 0.1) is 5.92 Å². The summed E-state index contributed by atoms with van der Waals surface area (Å²) < 4.78 is 62.8. The molecule has 10 nitrogen and oxygen atoms in total. The van der Waals surface area contributed by atoms with E-state index < -0.39 is 44.0 Å². The minimum atomic E-state index is -3.99. The van der Waals surface area contributed by atoms with Crippen molar-refractivity contribution in [2.75, 3.05) is 31.5 Å². The number of para-hydroxylation sites is 1. The topological polar surface area (TPSA) is 133 Å². The molecule has 0 bridgehead atoms. The maximum atomic E-state index is 13.6. The van der Waals surface area contributed by atoms with Crippen molar-refractivity contribution < 1.29 is 31.5 Å². The number of aliphatic hydroxyl groups is 1. The highest BCUT2D eigenvalue weighted by Crippen LogP contribution is 2.36. The molecule has 0 saturated heterocycles. The molecule has 0 spiro atoms. The Morgan fingerprint density at radius 3 is 2.48 bits per heavy atom. The van der Waals surface area contributed by atoms with Gasteiger partial charge in [0, 0.05) is 24.5 Å². The summed E-state index contributed by atoms with van der Waals surface area (Å²) in [5.74, 6) is -0.867. The fourth-order valence-electron chi connectivity index (χ4n) is 4.29. The average molecular weight is 628 g/mol. The fraction of sp³-hybridized carbons (Fsp3) is 0.346. The summed E-state index contributed by atoms with van der Waals surface area (Å²) in [5, 5.41) is 11.9. The van der Waals surface area contributed by atoms with Crippen molar-refractivity contribution >= 4 is 54.6 Å². The highest BCUT2D eigenvalue weighted by Gasteiger charge is 2.36. The molecule has 0 fully saturated rings. The first-order chi connectivity index (χ1) is 18.8. The van der Waals surface area contributed by atoms with E-state index in [-0.39, 0.29) is 45.8 Å². The highest BCUT2D eigenvalue weighted by molar-refractivity contribution is 7.94. The second-order valence-electron chi connectivity index (χ2n) is 9.58. The van der Waals surface area contributed by atoms with Gasteiger partial charge in [-0.3, -0.25) is 9.52 Å². The van der Waals surface area contributed by atoms with Crippen molar-refractivity contribution in [2.45, 2.75) is 35.1 Å². The molecular weight excluding hydrogens is 598 g/mol. The summed E-state index contributed by atoms with van der Waals surface area (Å²) in [6.45, 7) is 3.27. The van der Waals surface area contributed by atoms with Gasteiger partial charge in [-0.05, 0) is 54.8 Å². The monoisotopic (exact) mass is 627 g/mol. The van der Waals surface area contributed by atoms with Crippen molar-refractivity contribution in [3.63, 3.8) is 0 Å². The predicted molar refractivity (Wildman–Crippen MR) is 154 cm³/mol. The van der Waals surface area contributed by atoms with E-state index in [1.807, 2.05) is 0 Å². The molecule has 0 aliphatic carbocycles. The van der Waals surface area contributed by atoms with Crippen LogP contribution >= 0.6 is 22.9 Å². The number of aliphatic hydroxyl groups excluding tert-OH is 1. The number of hydrogen-bond donors (Lipinski definition) is 2. The number of hydrogen-bond acceptors (Lipinski definition) is 8. The second-order valence-corrected chi connectivity index (χ2v) is 14.9. The van der Waals surface area contributed by atoms with Crippen LogP contribution in [0.15, 0.2) is 69.1 Å². The van der Waals surface area contributed by atoms with Crippen LogP contribution in [0.3, 0.4) is 0 Å². The van der Waals surface area contributed by atoms with Gasteiger partial charge in [0.1, 0.15) is 10.3 Å². The summed E-state index contributed by atoms with van der Waals surface area (Å²) in [6, 6.07) is 12.8. The number of benzene rings is 2. The number of likely N-dealkylation sites (N-methyl/N-ethyl adjacent to an activating group) is 1. The van der Waals surface area contributed by atoms with Gasteiger partial charge >= 0.3 is 0 Å². The lowest BCUT2D eigenvalue weighted by molar-refractivity contribution is 0.0389. The van der Waals surface area contributed by atoms with Crippen molar-refractivity contribution in [3.05, 3.63) is 70.6 Å². The van der Waals surface area contributed by atoms with Gasteiger partial charge in [0.2, 0.25) is 10.0 Å². The number of amides is 1. The Balaban J connectivity index is 1.75. The first kappa shape index (κ1) is 30.3. The van der Waals surface area contributed by atoms with Crippen LogP contribution in [0.2, 0.25) is 5.02 Å². The number of rotatable bonds is 9. The number of nitrogens with zero attached hydrogens (tertiary/aromatic N) is 2. The summed E-state index contributed by atoms with van der Waals surface area (Å²) in [7, 11) is -6.49. The highest BCUT2D eigenvalue weighted by atomic mass is 35.5. The zero-order valence-electron chi connectivity index (χ0n) is 22.0. The van der Waals surface area contributed by atoms with Crippen LogP contribution in [-0.4, -0.2) is 75.9 Å². The Morgan fingerprint density at radius 1 is 1.15 bits per heavy atom. The predicted octanol–water partition coefficient (Wildman–Crippen LogP) is 3.74. The summed E-state index contributed by atoms with van der Waals surface area (Å²) >= 11 is 6.96. The van der Waals surface area contributed by atoms with Gasteiger partial charge in [-0.2, -0.15) is 4.31 Å². The molecule has 14 heteroatoms. The average Bonchev–Trinajstić information content (AvgIpc) is 3.47. The Kier molecular flexibility index (Phi) is 9.12. The Hall–Kier alpha value is -2.68. The van der Waals surface area contributed by atoms with E-state index in [2.05, 4.69) is 4.72 Å². The molecule has 0 radical (unpaired) electrons. The fourth-order valence-corrected chi connectivity index (χ4v) is 7.66. The summed E-state index contributed by atoms with van der Waals surface area (Å²) in [5.41, 5.74) is 0.130. The first-order valence-corrected chi connectivity index (χ1v) is 16.5. The zero-order chi connectivity index (χ0) is 29.2. The molecule has 3 aromatic rings. The molecule has 3 atom stereocenters. The van der Waals surface area contributed by atoms with Crippen molar-refractivity contribution in [2.24, 2.45) is 5.92 Å². The molecule has 0 unspecified atom stereocenters. The Bertz CT molecular complexity index is 1560. The third-order valence-corrected chi connectivity index (χ3v) is 11.5. The molecule has 2 N–H and O–H groups in total. The van der Waals surface area contributed by atoms with Crippen LogP contribution in [-0.2, 0) is 20.0 Å². The molecule has 1 amide bonds.